The van der Waals surface area contributed by atoms with Crippen molar-refractivity contribution in [3.05, 3.63) is 46.5 Å². The monoisotopic (exact) mass is 407 g/mol. The summed E-state index contributed by atoms with van der Waals surface area (Å²) < 4.78 is 10.7. The van der Waals surface area contributed by atoms with Gasteiger partial charge in [-0.2, -0.15) is 4.98 Å². The number of hydrogen-bond donors (Lipinski definition) is 4. The molecule has 4 atom stereocenters. The number of rotatable bonds is 5. The van der Waals surface area contributed by atoms with Crippen LogP contribution >= 0.6 is 0 Å². The van der Waals surface area contributed by atoms with Crippen LogP contribution in [0.3, 0.4) is 0 Å². The molecule has 0 spiro atoms. The normalized spacial score (nSPS) is 23.6. The number of esters is 1. The molecule has 4 unspecified atom stereocenters. The van der Waals surface area contributed by atoms with Crippen molar-refractivity contribution in [1.82, 2.24) is 19.5 Å². The maximum absolute atomic E-state index is 12.4. The van der Waals surface area contributed by atoms with E-state index in [0.29, 0.717) is 0 Å². The van der Waals surface area contributed by atoms with Gasteiger partial charge < -0.3 is 30.1 Å². The summed E-state index contributed by atoms with van der Waals surface area (Å²) in [4.78, 5) is 47.6. The van der Waals surface area contributed by atoms with E-state index in [4.69, 9.17) is 9.84 Å². The van der Waals surface area contributed by atoms with Gasteiger partial charge in [-0.3, -0.25) is 9.36 Å². The SMILES string of the molecule is COC(=O)c1nccnc1C(=O)Nc1ccn(C2OC(CO)C(O)C2O)c(=O)n1. The second kappa shape index (κ2) is 8.40. The zero-order valence-electron chi connectivity index (χ0n) is 15.0. The van der Waals surface area contributed by atoms with Gasteiger partial charge >= 0.3 is 11.7 Å². The average molecular weight is 407 g/mol. The average Bonchev–Trinajstić information content (AvgIpc) is 3.01. The first-order valence-corrected chi connectivity index (χ1v) is 8.29. The van der Waals surface area contributed by atoms with Gasteiger partial charge in [0.15, 0.2) is 17.6 Å². The molecule has 4 N–H and O–H groups in total. The second-order valence-electron chi connectivity index (χ2n) is 5.93. The minimum atomic E-state index is -1.46. The van der Waals surface area contributed by atoms with E-state index in [-0.39, 0.29) is 17.2 Å². The number of hydrogen-bond acceptors (Lipinski definition) is 11. The Hall–Kier alpha value is -3.26. The van der Waals surface area contributed by atoms with E-state index < -0.39 is 48.7 Å². The molecule has 3 rings (SSSR count). The summed E-state index contributed by atoms with van der Waals surface area (Å²) in [6.45, 7) is -0.550. The summed E-state index contributed by atoms with van der Waals surface area (Å²) in [5.41, 5.74) is -1.54. The molecule has 0 aliphatic carbocycles. The maximum Gasteiger partial charge on any atom is 0.359 e. The standard InChI is InChI=1S/C16H17N5O8/c1-28-15(26)10-9(17-3-4-18-10)13(25)19-8-2-5-21(16(27)20-8)14-12(24)11(23)7(6-22)29-14/h2-5,7,11-12,14,22-24H,6H2,1H3,(H,19,20,25,27). The van der Waals surface area contributed by atoms with Crippen LogP contribution in [0.15, 0.2) is 29.5 Å². The molecule has 154 valence electrons. The minimum absolute atomic E-state index is 0.163. The van der Waals surface area contributed by atoms with Crippen LogP contribution < -0.4 is 11.0 Å². The number of aliphatic hydroxyl groups excluding tert-OH is 3. The number of nitrogens with zero attached hydrogens (tertiary/aromatic N) is 4. The predicted molar refractivity (Wildman–Crippen MR) is 92.8 cm³/mol. The van der Waals surface area contributed by atoms with Gasteiger partial charge in [0.2, 0.25) is 0 Å². The van der Waals surface area contributed by atoms with Crippen molar-refractivity contribution in [3.63, 3.8) is 0 Å². The van der Waals surface area contributed by atoms with Crippen molar-refractivity contribution in [1.29, 1.82) is 0 Å². The number of ether oxygens (including phenoxy) is 2. The molecule has 1 amide bonds. The molecule has 13 heteroatoms. The van der Waals surface area contributed by atoms with Gasteiger partial charge in [0.25, 0.3) is 5.91 Å². The molecule has 0 radical (unpaired) electrons. The van der Waals surface area contributed by atoms with Crippen molar-refractivity contribution in [2.45, 2.75) is 24.5 Å². The Morgan fingerprint density at radius 1 is 1.24 bits per heavy atom. The topological polar surface area (TPSA) is 186 Å². The zero-order chi connectivity index (χ0) is 21.1. The quantitative estimate of drug-likeness (QED) is 0.390. The second-order valence-corrected chi connectivity index (χ2v) is 5.93. The smallest absolute Gasteiger partial charge is 0.359 e. The van der Waals surface area contributed by atoms with Crippen molar-refractivity contribution >= 4 is 17.7 Å². The molecular weight excluding hydrogens is 390 g/mol. The molecular formula is C16H17N5O8. The number of aliphatic hydroxyl groups is 3. The first-order chi connectivity index (χ1) is 13.9. The summed E-state index contributed by atoms with van der Waals surface area (Å²) in [5, 5.41) is 31.2. The number of nitrogens with one attached hydrogen (secondary N) is 1. The number of amides is 1. The largest absolute Gasteiger partial charge is 0.464 e. The zero-order valence-corrected chi connectivity index (χ0v) is 15.0. The molecule has 0 aromatic carbocycles. The molecule has 13 nitrogen and oxygen atoms in total. The summed E-state index contributed by atoms with van der Waals surface area (Å²) in [7, 11) is 1.12. The van der Waals surface area contributed by atoms with Crippen LogP contribution in [0, 0.1) is 0 Å². The summed E-state index contributed by atoms with van der Waals surface area (Å²) in [6.07, 6.45) is -1.58. The first kappa shape index (κ1) is 20.5. The highest BCUT2D eigenvalue weighted by Crippen LogP contribution is 2.28. The molecule has 1 aliphatic rings. The highest BCUT2D eigenvalue weighted by atomic mass is 16.6. The minimum Gasteiger partial charge on any atom is -0.464 e. The third-order valence-corrected chi connectivity index (χ3v) is 4.15. The van der Waals surface area contributed by atoms with Crippen molar-refractivity contribution < 1.29 is 34.4 Å². The molecule has 1 aliphatic heterocycles. The van der Waals surface area contributed by atoms with Gasteiger partial charge in [0.1, 0.15) is 24.1 Å². The lowest BCUT2D eigenvalue weighted by molar-refractivity contribution is -0.0549. The fourth-order valence-corrected chi connectivity index (χ4v) is 2.71. The van der Waals surface area contributed by atoms with Crippen molar-refractivity contribution in [3.8, 4) is 0 Å². The lowest BCUT2D eigenvalue weighted by Crippen LogP contribution is -2.36. The lowest BCUT2D eigenvalue weighted by Gasteiger charge is -2.17. The number of carbonyl (C=O) groups is 2. The third kappa shape index (κ3) is 3.97. The third-order valence-electron chi connectivity index (χ3n) is 4.15. The molecule has 2 aromatic rings. The van der Waals surface area contributed by atoms with Gasteiger partial charge in [-0.15, -0.1) is 0 Å². The van der Waals surface area contributed by atoms with Gasteiger partial charge in [-0.1, -0.05) is 0 Å². The van der Waals surface area contributed by atoms with E-state index in [1.54, 1.807) is 0 Å². The maximum atomic E-state index is 12.4. The number of anilines is 1. The van der Waals surface area contributed by atoms with Crippen LogP contribution in [0.5, 0.6) is 0 Å². The van der Waals surface area contributed by atoms with Crippen LogP contribution in [0.25, 0.3) is 0 Å². The van der Waals surface area contributed by atoms with Crippen LogP contribution in [0.2, 0.25) is 0 Å². The fourth-order valence-electron chi connectivity index (χ4n) is 2.71. The van der Waals surface area contributed by atoms with Crippen LogP contribution in [0.4, 0.5) is 5.82 Å². The Kier molecular flexibility index (Phi) is 5.93. The van der Waals surface area contributed by atoms with Gasteiger partial charge in [-0.05, 0) is 6.07 Å². The van der Waals surface area contributed by atoms with E-state index in [1.165, 1.54) is 24.7 Å². The molecule has 1 fully saturated rings. The molecule has 1 saturated heterocycles. The van der Waals surface area contributed by atoms with E-state index in [1.807, 2.05) is 0 Å². The Balaban J connectivity index is 1.81. The lowest BCUT2D eigenvalue weighted by atomic mass is 10.1. The predicted octanol–water partition coefficient (Wildman–Crippen LogP) is -2.32. The van der Waals surface area contributed by atoms with Crippen LogP contribution in [-0.2, 0) is 9.47 Å². The van der Waals surface area contributed by atoms with Crippen LogP contribution in [-0.4, -0.2) is 78.7 Å². The Labute approximate surface area is 162 Å². The van der Waals surface area contributed by atoms with E-state index in [2.05, 4.69) is 25.0 Å². The van der Waals surface area contributed by atoms with Gasteiger partial charge in [-0.25, -0.2) is 19.6 Å². The van der Waals surface area contributed by atoms with Crippen molar-refractivity contribution in [2.75, 3.05) is 19.0 Å². The molecule has 29 heavy (non-hydrogen) atoms. The molecule has 2 aromatic heterocycles. The van der Waals surface area contributed by atoms with Crippen LogP contribution in [0.1, 0.15) is 27.2 Å². The summed E-state index contributed by atoms with van der Waals surface area (Å²) >= 11 is 0. The Morgan fingerprint density at radius 3 is 2.52 bits per heavy atom. The first-order valence-electron chi connectivity index (χ1n) is 8.29. The Morgan fingerprint density at radius 2 is 1.93 bits per heavy atom. The molecule has 0 bridgehead atoms. The fraction of sp³-hybridized carbons (Fsp3) is 0.375. The Bertz CT molecular complexity index is 980. The number of aromatic nitrogens is 4. The number of methoxy groups -OCH3 is 1. The molecule has 0 saturated carbocycles. The highest BCUT2D eigenvalue weighted by Gasteiger charge is 2.43. The van der Waals surface area contributed by atoms with Gasteiger partial charge in [0.05, 0.1) is 13.7 Å². The highest BCUT2D eigenvalue weighted by molar-refractivity contribution is 6.08. The van der Waals surface area contributed by atoms with E-state index in [9.17, 15) is 24.6 Å². The summed E-state index contributed by atoms with van der Waals surface area (Å²) in [5.74, 6) is -1.88. The molecule has 3 heterocycles. The van der Waals surface area contributed by atoms with E-state index in [0.717, 1.165) is 11.7 Å². The van der Waals surface area contributed by atoms with Crippen molar-refractivity contribution in [2.24, 2.45) is 0 Å². The van der Waals surface area contributed by atoms with E-state index >= 15 is 0 Å². The summed E-state index contributed by atoms with van der Waals surface area (Å²) in [6, 6.07) is 1.24. The van der Waals surface area contributed by atoms with Gasteiger partial charge in [0, 0.05) is 18.6 Å². The number of carbonyl (C=O) groups excluding carboxylic acids is 2.